The van der Waals surface area contributed by atoms with Crippen LogP contribution in [0, 0.1) is 18.7 Å². The van der Waals surface area contributed by atoms with Crippen molar-refractivity contribution >= 4 is 5.69 Å². The van der Waals surface area contributed by atoms with E-state index < -0.39 is 0 Å². The first-order chi connectivity index (χ1) is 10.2. The Labute approximate surface area is 124 Å². The van der Waals surface area contributed by atoms with Crippen LogP contribution in [0.1, 0.15) is 35.1 Å². The van der Waals surface area contributed by atoms with Crippen molar-refractivity contribution in [3.8, 4) is 0 Å². The van der Waals surface area contributed by atoms with Gasteiger partial charge in [0, 0.05) is 11.6 Å². The standard InChI is InChI=1S/C19H18FN/c1-12-5-2-9-16-15-8-4-10-17(15)19(21-18(12)16)13-6-3-7-14(20)11-13/h2-9,11,15,17,19,21H,10H2,1H3/t15-,17-,19-/m1/s1. The van der Waals surface area contributed by atoms with Gasteiger partial charge in [-0.05, 0) is 48.1 Å². The molecule has 1 N–H and O–H groups in total. The first-order valence-corrected chi connectivity index (χ1v) is 7.52. The summed E-state index contributed by atoms with van der Waals surface area (Å²) in [6.07, 6.45) is 5.63. The van der Waals surface area contributed by atoms with Crippen molar-refractivity contribution in [3.05, 3.63) is 77.1 Å². The molecule has 0 bridgehead atoms. The number of fused-ring (bicyclic) bond motifs is 3. The third-order valence-electron chi connectivity index (χ3n) is 4.81. The van der Waals surface area contributed by atoms with E-state index in [1.54, 1.807) is 12.1 Å². The monoisotopic (exact) mass is 279 g/mol. The normalized spacial score (nSPS) is 26.1. The zero-order valence-corrected chi connectivity index (χ0v) is 12.0. The summed E-state index contributed by atoms with van der Waals surface area (Å²) >= 11 is 0. The maximum Gasteiger partial charge on any atom is 0.123 e. The molecule has 1 nitrogen and oxygen atoms in total. The molecular formula is C19H18FN. The van der Waals surface area contributed by atoms with Gasteiger partial charge in [0.15, 0.2) is 0 Å². The minimum atomic E-state index is -0.160. The van der Waals surface area contributed by atoms with Crippen molar-refractivity contribution in [1.82, 2.24) is 0 Å². The Bertz CT molecular complexity index is 719. The van der Waals surface area contributed by atoms with Crippen LogP contribution >= 0.6 is 0 Å². The quantitative estimate of drug-likeness (QED) is 0.727. The Kier molecular flexibility index (Phi) is 2.85. The highest BCUT2D eigenvalue weighted by molar-refractivity contribution is 5.63. The Morgan fingerprint density at radius 2 is 2.00 bits per heavy atom. The maximum atomic E-state index is 13.6. The van der Waals surface area contributed by atoms with Gasteiger partial charge in [-0.2, -0.15) is 0 Å². The topological polar surface area (TPSA) is 12.0 Å². The largest absolute Gasteiger partial charge is 0.377 e. The number of hydrogen-bond donors (Lipinski definition) is 1. The third-order valence-corrected chi connectivity index (χ3v) is 4.81. The zero-order valence-electron chi connectivity index (χ0n) is 12.0. The molecule has 0 spiro atoms. The van der Waals surface area contributed by atoms with Gasteiger partial charge in [-0.25, -0.2) is 4.39 Å². The molecule has 0 fully saturated rings. The number of benzene rings is 2. The predicted molar refractivity (Wildman–Crippen MR) is 83.9 cm³/mol. The van der Waals surface area contributed by atoms with Crippen molar-refractivity contribution in [2.75, 3.05) is 5.32 Å². The molecule has 21 heavy (non-hydrogen) atoms. The number of allylic oxidation sites excluding steroid dienone is 2. The van der Waals surface area contributed by atoms with Gasteiger partial charge in [-0.15, -0.1) is 0 Å². The second-order valence-electron chi connectivity index (χ2n) is 6.07. The van der Waals surface area contributed by atoms with Gasteiger partial charge in [0.2, 0.25) is 0 Å². The molecule has 0 saturated heterocycles. The lowest BCUT2D eigenvalue weighted by atomic mass is 9.76. The highest BCUT2D eigenvalue weighted by atomic mass is 19.1. The second-order valence-corrected chi connectivity index (χ2v) is 6.07. The molecule has 2 aromatic carbocycles. The van der Waals surface area contributed by atoms with E-state index in [0.717, 1.165) is 12.0 Å². The summed E-state index contributed by atoms with van der Waals surface area (Å²) < 4.78 is 13.6. The number of hydrogen-bond acceptors (Lipinski definition) is 1. The van der Waals surface area contributed by atoms with E-state index in [2.05, 4.69) is 42.6 Å². The molecule has 1 heterocycles. The van der Waals surface area contributed by atoms with E-state index in [9.17, 15) is 4.39 Å². The van der Waals surface area contributed by atoms with Crippen LogP contribution in [-0.4, -0.2) is 0 Å². The number of halogens is 1. The molecule has 0 radical (unpaired) electrons. The SMILES string of the molecule is Cc1cccc2c1N[C@H](c1cccc(F)c1)[C@@H]1CC=C[C@H]21. The van der Waals surface area contributed by atoms with Crippen molar-refractivity contribution in [1.29, 1.82) is 0 Å². The van der Waals surface area contributed by atoms with Gasteiger partial charge >= 0.3 is 0 Å². The Hall–Kier alpha value is -2.09. The molecule has 2 aromatic rings. The summed E-state index contributed by atoms with van der Waals surface area (Å²) in [6, 6.07) is 13.6. The molecule has 2 aliphatic rings. The van der Waals surface area contributed by atoms with E-state index in [1.165, 1.54) is 22.9 Å². The highest BCUT2D eigenvalue weighted by Gasteiger charge is 2.38. The fraction of sp³-hybridized carbons (Fsp3) is 0.263. The third kappa shape index (κ3) is 1.98. The zero-order chi connectivity index (χ0) is 14.4. The molecule has 3 atom stereocenters. The first kappa shape index (κ1) is 12.6. The van der Waals surface area contributed by atoms with E-state index >= 15 is 0 Å². The van der Waals surface area contributed by atoms with Crippen molar-refractivity contribution in [3.63, 3.8) is 0 Å². The Morgan fingerprint density at radius 3 is 2.86 bits per heavy atom. The molecule has 0 amide bonds. The second kappa shape index (κ2) is 4.73. The minimum absolute atomic E-state index is 0.160. The van der Waals surface area contributed by atoms with Gasteiger partial charge in [0.1, 0.15) is 5.82 Å². The number of rotatable bonds is 1. The van der Waals surface area contributed by atoms with E-state index in [-0.39, 0.29) is 11.9 Å². The molecule has 106 valence electrons. The fourth-order valence-electron chi connectivity index (χ4n) is 3.81. The van der Waals surface area contributed by atoms with Crippen LogP contribution < -0.4 is 5.32 Å². The molecule has 0 unspecified atom stereocenters. The molecule has 0 saturated carbocycles. The van der Waals surface area contributed by atoms with Crippen LogP contribution in [0.15, 0.2) is 54.6 Å². The summed E-state index contributed by atoms with van der Waals surface area (Å²) in [5.41, 5.74) is 4.90. The molecule has 1 aliphatic carbocycles. The molecule has 0 aromatic heterocycles. The van der Waals surface area contributed by atoms with E-state index in [4.69, 9.17) is 0 Å². The highest BCUT2D eigenvalue weighted by Crippen LogP contribution is 2.50. The summed E-state index contributed by atoms with van der Waals surface area (Å²) in [4.78, 5) is 0. The van der Waals surface area contributed by atoms with Gasteiger partial charge in [0.05, 0.1) is 6.04 Å². The van der Waals surface area contributed by atoms with Crippen LogP contribution in [0.4, 0.5) is 10.1 Å². The van der Waals surface area contributed by atoms with E-state index in [1.807, 2.05) is 6.07 Å². The first-order valence-electron chi connectivity index (χ1n) is 7.52. The summed E-state index contributed by atoms with van der Waals surface area (Å²) in [7, 11) is 0. The van der Waals surface area contributed by atoms with Crippen molar-refractivity contribution in [2.45, 2.75) is 25.3 Å². The summed E-state index contributed by atoms with van der Waals surface area (Å²) in [5.74, 6) is 0.753. The van der Waals surface area contributed by atoms with Gasteiger partial charge in [0.25, 0.3) is 0 Å². The van der Waals surface area contributed by atoms with Gasteiger partial charge in [-0.1, -0.05) is 42.5 Å². The summed E-state index contributed by atoms with van der Waals surface area (Å²) in [5, 5.41) is 3.67. The summed E-state index contributed by atoms with van der Waals surface area (Å²) in [6.45, 7) is 2.13. The number of para-hydroxylation sites is 1. The van der Waals surface area contributed by atoms with Gasteiger partial charge in [-0.3, -0.25) is 0 Å². The van der Waals surface area contributed by atoms with Crippen LogP contribution in [0.3, 0.4) is 0 Å². The average molecular weight is 279 g/mol. The van der Waals surface area contributed by atoms with Crippen LogP contribution in [0.2, 0.25) is 0 Å². The smallest absolute Gasteiger partial charge is 0.123 e. The number of anilines is 1. The van der Waals surface area contributed by atoms with Crippen LogP contribution in [0.25, 0.3) is 0 Å². The predicted octanol–water partition coefficient (Wildman–Crippen LogP) is 4.96. The maximum absolute atomic E-state index is 13.6. The Balaban J connectivity index is 1.83. The van der Waals surface area contributed by atoms with Crippen molar-refractivity contribution < 1.29 is 4.39 Å². The lowest BCUT2D eigenvalue weighted by Crippen LogP contribution is -2.29. The average Bonchev–Trinajstić information content (AvgIpc) is 2.96. The number of nitrogens with one attached hydrogen (secondary N) is 1. The lowest BCUT2D eigenvalue weighted by Gasteiger charge is -2.38. The number of aryl methyl sites for hydroxylation is 1. The van der Waals surface area contributed by atoms with Crippen LogP contribution in [0.5, 0.6) is 0 Å². The van der Waals surface area contributed by atoms with Crippen LogP contribution in [-0.2, 0) is 0 Å². The molecule has 4 rings (SSSR count). The van der Waals surface area contributed by atoms with Gasteiger partial charge < -0.3 is 5.32 Å². The van der Waals surface area contributed by atoms with E-state index in [0.29, 0.717) is 11.8 Å². The molecule has 2 heteroatoms. The Morgan fingerprint density at radius 1 is 1.14 bits per heavy atom. The molecular weight excluding hydrogens is 261 g/mol. The lowest BCUT2D eigenvalue weighted by molar-refractivity contribution is 0.424. The fourth-order valence-corrected chi connectivity index (χ4v) is 3.81. The molecule has 1 aliphatic heterocycles. The van der Waals surface area contributed by atoms with Crippen molar-refractivity contribution in [2.24, 2.45) is 5.92 Å². The minimum Gasteiger partial charge on any atom is -0.377 e.